The average molecular weight is 346 g/mol. The lowest BCUT2D eigenvalue weighted by Gasteiger charge is -2.23. The molecule has 2 fully saturated rings. The minimum absolute atomic E-state index is 0.212. The summed E-state index contributed by atoms with van der Waals surface area (Å²) in [4.78, 5) is 13.0. The summed E-state index contributed by atoms with van der Waals surface area (Å²) in [7, 11) is 1.64. The van der Waals surface area contributed by atoms with Crippen LogP contribution in [0.2, 0.25) is 0 Å². The highest BCUT2D eigenvalue weighted by Gasteiger charge is 2.75. The zero-order valence-corrected chi connectivity index (χ0v) is 15.5. The molecule has 1 heterocycles. The molecule has 0 amide bonds. The summed E-state index contributed by atoms with van der Waals surface area (Å²) in [6.45, 7) is 2.66. The number of epoxide rings is 1. The molecule has 138 valence electrons. The van der Waals surface area contributed by atoms with E-state index in [0.717, 1.165) is 49.8 Å². The van der Waals surface area contributed by atoms with Gasteiger partial charge in [-0.1, -0.05) is 57.6 Å². The van der Waals surface area contributed by atoms with Gasteiger partial charge in [0.1, 0.15) is 11.4 Å². The maximum atomic E-state index is 13.0. The number of ether oxygens (including phenoxy) is 3. The van der Waals surface area contributed by atoms with Gasteiger partial charge in [-0.2, -0.15) is 0 Å². The molecule has 0 bridgehead atoms. The molecule has 0 radical (unpaired) electrons. The van der Waals surface area contributed by atoms with E-state index in [-0.39, 0.29) is 11.6 Å². The van der Waals surface area contributed by atoms with Crippen LogP contribution in [0, 0.1) is 0 Å². The van der Waals surface area contributed by atoms with Crippen molar-refractivity contribution in [1.29, 1.82) is 0 Å². The van der Waals surface area contributed by atoms with E-state index in [2.05, 4.69) is 6.92 Å². The smallest absolute Gasteiger partial charge is 0.346 e. The largest absolute Gasteiger partial charge is 0.497 e. The molecule has 1 unspecified atom stereocenters. The number of carbonyl (C=O) groups excluding carboxylic acids is 1. The third kappa shape index (κ3) is 3.41. The molecule has 2 aliphatic rings. The van der Waals surface area contributed by atoms with Gasteiger partial charge < -0.3 is 14.2 Å². The Kier molecular flexibility index (Phi) is 5.67. The van der Waals surface area contributed by atoms with Crippen LogP contribution in [-0.4, -0.2) is 25.3 Å². The normalized spacial score (nSPS) is 24.1. The van der Waals surface area contributed by atoms with Gasteiger partial charge in [-0.05, 0) is 37.0 Å². The Hall–Kier alpha value is -1.55. The summed E-state index contributed by atoms with van der Waals surface area (Å²) in [6, 6.07) is 7.68. The van der Waals surface area contributed by atoms with Crippen molar-refractivity contribution in [2.45, 2.75) is 75.9 Å². The summed E-state index contributed by atoms with van der Waals surface area (Å²) in [5.74, 6) is 0.571. The van der Waals surface area contributed by atoms with E-state index in [4.69, 9.17) is 14.2 Å². The van der Waals surface area contributed by atoms with Gasteiger partial charge in [-0.25, -0.2) is 4.79 Å². The molecule has 0 N–H and O–H groups in total. The first-order chi connectivity index (χ1) is 12.2. The number of hydrogen-bond donors (Lipinski definition) is 0. The number of unbranched alkanes of at least 4 members (excludes halogenated alkanes) is 3. The fourth-order valence-corrected chi connectivity index (χ4v) is 4.13. The number of esters is 1. The van der Waals surface area contributed by atoms with Crippen LogP contribution in [0.25, 0.3) is 0 Å². The highest BCUT2D eigenvalue weighted by atomic mass is 16.7. The molecule has 1 saturated heterocycles. The SMILES string of the molecule is CCCCCCOC(=O)C1(c2ccc(OC)cc2)OC12CCCCC2. The summed E-state index contributed by atoms with van der Waals surface area (Å²) in [5.41, 5.74) is -0.376. The minimum Gasteiger partial charge on any atom is -0.497 e. The zero-order chi connectivity index (χ0) is 17.8. The van der Waals surface area contributed by atoms with Crippen LogP contribution in [0.5, 0.6) is 5.75 Å². The Labute approximate surface area is 150 Å². The number of methoxy groups -OCH3 is 1. The second-order valence-corrected chi connectivity index (χ2v) is 7.26. The van der Waals surface area contributed by atoms with E-state index in [1.54, 1.807) is 7.11 Å². The maximum Gasteiger partial charge on any atom is 0.346 e. The zero-order valence-electron chi connectivity index (χ0n) is 15.5. The highest BCUT2D eigenvalue weighted by molar-refractivity contribution is 5.87. The van der Waals surface area contributed by atoms with Crippen molar-refractivity contribution in [2.75, 3.05) is 13.7 Å². The summed E-state index contributed by atoms with van der Waals surface area (Å²) in [6.07, 6.45) is 9.70. The average Bonchev–Trinajstić information content (AvgIpc) is 3.30. The van der Waals surface area contributed by atoms with Gasteiger partial charge in [0.05, 0.1) is 13.7 Å². The Morgan fingerprint density at radius 1 is 1.08 bits per heavy atom. The Morgan fingerprint density at radius 3 is 2.44 bits per heavy atom. The summed E-state index contributed by atoms with van der Waals surface area (Å²) < 4.78 is 17.1. The van der Waals surface area contributed by atoms with Gasteiger partial charge in [0.2, 0.25) is 5.60 Å². The van der Waals surface area contributed by atoms with Crippen LogP contribution < -0.4 is 4.74 Å². The predicted octanol–water partition coefficient (Wildman–Crippen LogP) is 4.75. The Balaban J connectivity index is 1.75. The molecule has 1 atom stereocenters. The van der Waals surface area contributed by atoms with Crippen LogP contribution >= 0.6 is 0 Å². The first kappa shape index (κ1) is 18.2. The summed E-state index contributed by atoms with van der Waals surface area (Å²) >= 11 is 0. The quantitative estimate of drug-likeness (QED) is 0.387. The van der Waals surface area contributed by atoms with Crippen molar-refractivity contribution in [2.24, 2.45) is 0 Å². The lowest BCUT2D eigenvalue weighted by Crippen LogP contribution is -2.35. The number of carbonyl (C=O) groups is 1. The summed E-state index contributed by atoms with van der Waals surface area (Å²) in [5, 5.41) is 0. The Bertz CT molecular complexity index is 574. The maximum absolute atomic E-state index is 13.0. The van der Waals surface area contributed by atoms with Gasteiger partial charge in [0.25, 0.3) is 0 Å². The van der Waals surface area contributed by atoms with Crippen molar-refractivity contribution in [3.8, 4) is 5.75 Å². The fourth-order valence-electron chi connectivity index (χ4n) is 4.13. The number of hydrogen-bond acceptors (Lipinski definition) is 4. The fraction of sp³-hybridized carbons (Fsp3) is 0.667. The monoisotopic (exact) mass is 346 g/mol. The van der Waals surface area contributed by atoms with E-state index >= 15 is 0 Å². The molecule has 1 aromatic rings. The second kappa shape index (κ2) is 7.77. The second-order valence-electron chi connectivity index (χ2n) is 7.26. The molecule has 1 aromatic carbocycles. The number of benzene rings is 1. The van der Waals surface area contributed by atoms with Crippen LogP contribution in [0.15, 0.2) is 24.3 Å². The van der Waals surface area contributed by atoms with Gasteiger partial charge in [-0.3, -0.25) is 0 Å². The molecule has 1 spiro atoms. The van der Waals surface area contributed by atoms with Crippen LogP contribution in [0.1, 0.15) is 70.3 Å². The molecular weight excluding hydrogens is 316 g/mol. The van der Waals surface area contributed by atoms with Gasteiger partial charge in [0, 0.05) is 0 Å². The standard InChI is InChI=1S/C21H30O4/c1-3-4-5-9-16-24-19(22)21(17-10-12-18(23-2)13-11-17)20(25-21)14-7-6-8-15-20/h10-13H,3-9,14-16H2,1-2H3. The van der Waals surface area contributed by atoms with Gasteiger partial charge >= 0.3 is 5.97 Å². The van der Waals surface area contributed by atoms with Crippen molar-refractivity contribution < 1.29 is 19.0 Å². The topological polar surface area (TPSA) is 48.1 Å². The van der Waals surface area contributed by atoms with E-state index < -0.39 is 5.60 Å². The van der Waals surface area contributed by atoms with Crippen LogP contribution in [-0.2, 0) is 19.9 Å². The molecular formula is C21H30O4. The van der Waals surface area contributed by atoms with Crippen LogP contribution in [0.3, 0.4) is 0 Å². The van der Waals surface area contributed by atoms with Crippen LogP contribution in [0.4, 0.5) is 0 Å². The number of rotatable bonds is 8. The molecule has 1 aliphatic carbocycles. The molecule has 0 aromatic heterocycles. The Morgan fingerprint density at radius 2 is 1.80 bits per heavy atom. The highest BCUT2D eigenvalue weighted by Crippen LogP contribution is 2.63. The molecule has 1 saturated carbocycles. The van der Waals surface area contributed by atoms with E-state index in [0.29, 0.717) is 6.61 Å². The lowest BCUT2D eigenvalue weighted by molar-refractivity contribution is -0.150. The van der Waals surface area contributed by atoms with Crippen molar-refractivity contribution in [3.05, 3.63) is 29.8 Å². The first-order valence-corrected chi connectivity index (χ1v) is 9.70. The molecule has 1 aliphatic heterocycles. The minimum atomic E-state index is -0.912. The molecule has 25 heavy (non-hydrogen) atoms. The third-order valence-electron chi connectivity index (χ3n) is 5.62. The van der Waals surface area contributed by atoms with Crippen molar-refractivity contribution >= 4 is 5.97 Å². The van der Waals surface area contributed by atoms with Gasteiger partial charge in [0.15, 0.2) is 0 Å². The third-order valence-corrected chi connectivity index (χ3v) is 5.62. The molecule has 4 nitrogen and oxygen atoms in total. The lowest BCUT2D eigenvalue weighted by atomic mass is 9.77. The van der Waals surface area contributed by atoms with Gasteiger partial charge in [-0.15, -0.1) is 0 Å². The molecule has 4 heteroatoms. The van der Waals surface area contributed by atoms with Crippen molar-refractivity contribution in [3.63, 3.8) is 0 Å². The van der Waals surface area contributed by atoms with E-state index in [9.17, 15) is 4.79 Å². The molecule has 3 rings (SSSR count). The van der Waals surface area contributed by atoms with E-state index in [1.807, 2.05) is 24.3 Å². The predicted molar refractivity (Wildman–Crippen MR) is 96.7 cm³/mol. The first-order valence-electron chi connectivity index (χ1n) is 9.70. The van der Waals surface area contributed by atoms with Crippen molar-refractivity contribution in [1.82, 2.24) is 0 Å². The van der Waals surface area contributed by atoms with E-state index in [1.165, 1.54) is 19.3 Å².